The van der Waals surface area contributed by atoms with Gasteiger partial charge in [0.2, 0.25) is 6.43 Å². The molecule has 0 radical (unpaired) electrons. The topological polar surface area (TPSA) is 60.2 Å². The van der Waals surface area contributed by atoms with Crippen LogP contribution in [-0.2, 0) is 4.74 Å². The molecule has 1 unspecified atom stereocenters. The lowest BCUT2D eigenvalue weighted by molar-refractivity contribution is -0.0216. The Balaban J connectivity index is 1.57. The van der Waals surface area contributed by atoms with Crippen LogP contribution in [0.2, 0.25) is 0 Å². The van der Waals surface area contributed by atoms with E-state index < -0.39 is 18.9 Å². The van der Waals surface area contributed by atoms with E-state index in [1.807, 2.05) is 28.8 Å². The lowest BCUT2D eigenvalue weighted by Crippen LogP contribution is -2.49. The summed E-state index contributed by atoms with van der Waals surface area (Å²) in [4.78, 5) is 22.9. The minimum absolute atomic E-state index is 0.128. The highest BCUT2D eigenvalue weighted by Gasteiger charge is 2.30. The van der Waals surface area contributed by atoms with Crippen molar-refractivity contribution >= 4 is 16.9 Å². The number of hydrogen-bond donors (Lipinski definition) is 0. The third-order valence-electron chi connectivity index (χ3n) is 4.63. The summed E-state index contributed by atoms with van der Waals surface area (Å²) in [6.45, 7) is 0.769. The molecule has 1 saturated heterocycles. The van der Waals surface area contributed by atoms with Crippen LogP contribution in [0.25, 0.3) is 16.9 Å². The molecular formula is C19H18F2N4O2. The van der Waals surface area contributed by atoms with E-state index in [1.54, 1.807) is 18.5 Å². The number of carbonyl (C=O) groups excluding carboxylic acids is 1. The van der Waals surface area contributed by atoms with E-state index in [0.717, 1.165) is 11.0 Å². The summed E-state index contributed by atoms with van der Waals surface area (Å²) in [6, 6.07) is 10.4. The zero-order valence-electron chi connectivity index (χ0n) is 14.5. The molecule has 140 valence electrons. The average Bonchev–Trinajstić information content (AvgIpc) is 3.12. The van der Waals surface area contributed by atoms with Crippen LogP contribution in [-0.4, -0.2) is 57.6 Å². The third-order valence-corrected chi connectivity index (χ3v) is 4.63. The second kappa shape index (κ2) is 7.40. The van der Waals surface area contributed by atoms with E-state index in [2.05, 4.69) is 9.97 Å². The molecule has 0 aliphatic carbocycles. The first kappa shape index (κ1) is 17.5. The maximum absolute atomic E-state index is 12.8. The number of alkyl halides is 2. The van der Waals surface area contributed by atoms with Gasteiger partial charge in [-0.05, 0) is 24.3 Å². The molecule has 2 aromatic heterocycles. The summed E-state index contributed by atoms with van der Waals surface area (Å²) in [7, 11) is 0. The van der Waals surface area contributed by atoms with E-state index in [1.165, 1.54) is 11.1 Å². The van der Waals surface area contributed by atoms with Gasteiger partial charge in [0, 0.05) is 19.2 Å². The summed E-state index contributed by atoms with van der Waals surface area (Å²) in [5, 5.41) is 0. The van der Waals surface area contributed by atoms with Gasteiger partial charge in [-0.1, -0.05) is 12.1 Å². The fourth-order valence-corrected chi connectivity index (χ4v) is 3.29. The molecular weight excluding hydrogens is 354 g/mol. The molecule has 8 heteroatoms. The predicted molar refractivity (Wildman–Crippen MR) is 95.1 cm³/mol. The van der Waals surface area contributed by atoms with Crippen LogP contribution in [0.15, 0.2) is 48.9 Å². The van der Waals surface area contributed by atoms with Crippen molar-refractivity contribution in [1.82, 2.24) is 19.4 Å². The average molecular weight is 372 g/mol. The molecule has 0 N–H and O–H groups in total. The highest BCUT2D eigenvalue weighted by molar-refractivity contribution is 5.94. The predicted octanol–water partition coefficient (Wildman–Crippen LogP) is 2.92. The minimum Gasteiger partial charge on any atom is -0.377 e. The van der Waals surface area contributed by atoms with Gasteiger partial charge in [0.1, 0.15) is 12.1 Å². The van der Waals surface area contributed by atoms with Gasteiger partial charge in [0.25, 0.3) is 5.91 Å². The molecule has 3 heterocycles. The van der Waals surface area contributed by atoms with Crippen LogP contribution in [0, 0.1) is 0 Å². The molecule has 0 saturated carbocycles. The number of para-hydroxylation sites is 2. The molecule has 6 nitrogen and oxygen atoms in total. The number of nitrogens with zero attached hydrogens (tertiary/aromatic N) is 4. The second-order valence-electron chi connectivity index (χ2n) is 6.36. The van der Waals surface area contributed by atoms with Crippen molar-refractivity contribution in [3.63, 3.8) is 0 Å². The molecule has 27 heavy (non-hydrogen) atoms. The second-order valence-corrected chi connectivity index (χ2v) is 6.36. The molecule has 0 bridgehead atoms. The van der Waals surface area contributed by atoms with Gasteiger partial charge in [-0.25, -0.2) is 18.7 Å². The van der Waals surface area contributed by atoms with E-state index >= 15 is 0 Å². The van der Waals surface area contributed by atoms with Crippen LogP contribution in [0.1, 0.15) is 16.8 Å². The number of hydrogen-bond acceptors (Lipinski definition) is 4. The van der Waals surface area contributed by atoms with Crippen LogP contribution in [0.4, 0.5) is 8.78 Å². The Morgan fingerprint density at radius 1 is 1.22 bits per heavy atom. The molecule has 1 amide bonds. The van der Waals surface area contributed by atoms with Gasteiger partial charge in [0.05, 0.1) is 35.9 Å². The number of fused-ring (bicyclic) bond motifs is 1. The Hall–Kier alpha value is -2.87. The highest BCUT2D eigenvalue weighted by Crippen LogP contribution is 2.20. The first-order valence-electron chi connectivity index (χ1n) is 8.69. The maximum atomic E-state index is 12.8. The van der Waals surface area contributed by atoms with Crippen molar-refractivity contribution in [3.05, 3.63) is 54.5 Å². The monoisotopic (exact) mass is 372 g/mol. The van der Waals surface area contributed by atoms with Crippen molar-refractivity contribution in [3.8, 4) is 5.82 Å². The Bertz CT molecular complexity index is 942. The van der Waals surface area contributed by atoms with Crippen LogP contribution < -0.4 is 0 Å². The number of amides is 1. The zero-order chi connectivity index (χ0) is 18.8. The molecule has 1 aliphatic heterocycles. The van der Waals surface area contributed by atoms with Crippen molar-refractivity contribution < 1.29 is 18.3 Å². The normalized spacial score (nSPS) is 17.6. The Labute approximate surface area is 154 Å². The van der Waals surface area contributed by atoms with E-state index in [-0.39, 0.29) is 12.5 Å². The number of pyridine rings is 1. The molecule has 3 aromatic rings. The van der Waals surface area contributed by atoms with Crippen LogP contribution >= 0.6 is 0 Å². The van der Waals surface area contributed by atoms with Gasteiger partial charge in [-0.15, -0.1) is 0 Å². The molecule has 1 aliphatic rings. The lowest BCUT2D eigenvalue weighted by atomic mass is 10.1. The molecule has 4 rings (SSSR count). The maximum Gasteiger partial charge on any atom is 0.255 e. The fourth-order valence-electron chi connectivity index (χ4n) is 3.29. The van der Waals surface area contributed by atoms with E-state index in [9.17, 15) is 13.6 Å². The summed E-state index contributed by atoms with van der Waals surface area (Å²) in [5.74, 6) is 0.324. The van der Waals surface area contributed by atoms with E-state index in [4.69, 9.17) is 4.74 Å². The minimum atomic E-state index is -2.48. The SMILES string of the molecule is O=C(c1ccc(-n2cnc3ccccc32)nc1)N1CCOCC1CC(F)F. The van der Waals surface area contributed by atoms with Gasteiger partial charge < -0.3 is 9.64 Å². The number of imidazole rings is 1. The standard InChI is InChI=1S/C19H18F2N4O2/c20-17(21)9-14-11-27-8-7-24(14)19(26)13-5-6-18(22-10-13)25-12-23-15-3-1-2-4-16(15)25/h1-6,10,12,14,17H,7-9,11H2. The number of morpholine rings is 1. The summed E-state index contributed by atoms with van der Waals surface area (Å²) in [5.41, 5.74) is 2.13. The number of aromatic nitrogens is 3. The smallest absolute Gasteiger partial charge is 0.255 e. The van der Waals surface area contributed by atoms with Gasteiger partial charge in [-0.2, -0.15) is 0 Å². The van der Waals surface area contributed by atoms with Crippen LogP contribution in [0.3, 0.4) is 0 Å². The van der Waals surface area contributed by atoms with E-state index in [0.29, 0.717) is 24.5 Å². The summed E-state index contributed by atoms with van der Waals surface area (Å²) in [6.07, 6.45) is 0.274. The van der Waals surface area contributed by atoms with Gasteiger partial charge in [0.15, 0.2) is 0 Å². The molecule has 0 spiro atoms. The van der Waals surface area contributed by atoms with Gasteiger partial charge >= 0.3 is 0 Å². The third kappa shape index (κ3) is 3.52. The first-order valence-corrected chi connectivity index (χ1v) is 8.69. The number of rotatable bonds is 4. The largest absolute Gasteiger partial charge is 0.377 e. The van der Waals surface area contributed by atoms with Crippen LogP contribution in [0.5, 0.6) is 0 Å². The summed E-state index contributed by atoms with van der Waals surface area (Å²) < 4.78 is 32.6. The zero-order valence-corrected chi connectivity index (χ0v) is 14.5. The summed E-state index contributed by atoms with van der Waals surface area (Å²) >= 11 is 0. The number of benzene rings is 1. The molecule has 1 atom stereocenters. The van der Waals surface area contributed by atoms with Crippen molar-refractivity contribution in [2.24, 2.45) is 0 Å². The van der Waals surface area contributed by atoms with Gasteiger partial charge in [-0.3, -0.25) is 9.36 Å². The Kier molecular flexibility index (Phi) is 4.81. The first-order chi connectivity index (χ1) is 13.1. The highest BCUT2D eigenvalue weighted by atomic mass is 19.3. The van der Waals surface area contributed by atoms with Crippen molar-refractivity contribution in [2.75, 3.05) is 19.8 Å². The van der Waals surface area contributed by atoms with Crippen molar-refractivity contribution in [2.45, 2.75) is 18.9 Å². The lowest BCUT2D eigenvalue weighted by Gasteiger charge is -2.35. The number of halogens is 2. The quantitative estimate of drug-likeness (QED) is 0.707. The fraction of sp³-hybridized carbons (Fsp3) is 0.316. The van der Waals surface area contributed by atoms with Crippen molar-refractivity contribution in [1.29, 1.82) is 0 Å². The molecule has 1 fully saturated rings. The number of ether oxygens (including phenoxy) is 1. The Morgan fingerprint density at radius 2 is 2.07 bits per heavy atom. The number of carbonyl (C=O) groups is 1. The molecule has 1 aromatic carbocycles. The Morgan fingerprint density at radius 3 is 2.85 bits per heavy atom.